The van der Waals surface area contributed by atoms with Crippen LogP contribution in [-0.2, 0) is 6.54 Å². The van der Waals surface area contributed by atoms with E-state index in [4.69, 9.17) is 5.73 Å². The van der Waals surface area contributed by atoms with Crippen LogP contribution in [0.15, 0.2) is 53.9 Å². The lowest BCUT2D eigenvalue weighted by atomic mass is 10.1. The van der Waals surface area contributed by atoms with Gasteiger partial charge in [0.2, 0.25) is 0 Å². The van der Waals surface area contributed by atoms with Gasteiger partial charge in [-0.2, -0.15) is 0 Å². The third kappa shape index (κ3) is 2.43. The summed E-state index contributed by atoms with van der Waals surface area (Å²) in [5, 5.41) is 5.81. The van der Waals surface area contributed by atoms with Gasteiger partial charge in [-0.05, 0) is 23.8 Å². The minimum atomic E-state index is -0.0865. The van der Waals surface area contributed by atoms with E-state index in [1.165, 1.54) is 0 Å². The van der Waals surface area contributed by atoms with Crippen LogP contribution < -0.4 is 11.1 Å². The van der Waals surface area contributed by atoms with Crippen molar-refractivity contribution in [1.29, 1.82) is 0 Å². The highest BCUT2D eigenvalue weighted by atomic mass is 32.1. The summed E-state index contributed by atoms with van der Waals surface area (Å²) >= 11 is 1.58. The van der Waals surface area contributed by atoms with Gasteiger partial charge in [-0.3, -0.25) is 4.79 Å². The number of anilines is 1. The minimum Gasteiger partial charge on any atom is -0.326 e. The molecule has 20 heavy (non-hydrogen) atoms. The molecule has 0 bridgehead atoms. The van der Waals surface area contributed by atoms with Crippen LogP contribution in [-0.4, -0.2) is 5.91 Å². The molecule has 0 fully saturated rings. The Hall–Kier alpha value is -2.17. The summed E-state index contributed by atoms with van der Waals surface area (Å²) in [5.41, 5.74) is 8.09. The lowest BCUT2D eigenvalue weighted by Gasteiger charge is -2.06. The van der Waals surface area contributed by atoms with Gasteiger partial charge in [0.25, 0.3) is 5.91 Å². The van der Waals surface area contributed by atoms with E-state index in [0.29, 0.717) is 12.1 Å². The van der Waals surface area contributed by atoms with Gasteiger partial charge in [0, 0.05) is 27.7 Å². The molecule has 3 nitrogen and oxygen atoms in total. The molecule has 0 aliphatic rings. The molecule has 100 valence electrons. The molecule has 3 rings (SSSR count). The second kappa shape index (κ2) is 5.45. The predicted molar refractivity (Wildman–Crippen MR) is 84.1 cm³/mol. The van der Waals surface area contributed by atoms with Gasteiger partial charge >= 0.3 is 0 Å². The van der Waals surface area contributed by atoms with Crippen LogP contribution in [0.1, 0.15) is 15.9 Å². The number of hydrogen-bond acceptors (Lipinski definition) is 3. The number of nitrogens with one attached hydrogen (secondary N) is 1. The van der Waals surface area contributed by atoms with Gasteiger partial charge in [-0.1, -0.05) is 30.3 Å². The molecule has 0 saturated heterocycles. The first-order valence-electron chi connectivity index (χ1n) is 6.34. The van der Waals surface area contributed by atoms with E-state index in [1.807, 2.05) is 53.9 Å². The average molecular weight is 282 g/mol. The van der Waals surface area contributed by atoms with Gasteiger partial charge in [-0.15, -0.1) is 11.3 Å². The third-order valence-corrected chi connectivity index (χ3v) is 4.11. The van der Waals surface area contributed by atoms with E-state index in [9.17, 15) is 4.79 Å². The van der Waals surface area contributed by atoms with Crippen LogP contribution in [0.2, 0.25) is 0 Å². The summed E-state index contributed by atoms with van der Waals surface area (Å²) in [6.45, 7) is 0.463. The van der Waals surface area contributed by atoms with Crippen LogP contribution in [0.5, 0.6) is 0 Å². The van der Waals surface area contributed by atoms with Crippen molar-refractivity contribution in [2.45, 2.75) is 6.54 Å². The predicted octanol–water partition coefficient (Wildman–Crippen LogP) is 3.61. The quantitative estimate of drug-likeness (QED) is 0.771. The first kappa shape index (κ1) is 12.8. The molecule has 3 N–H and O–H groups in total. The summed E-state index contributed by atoms with van der Waals surface area (Å²) < 4.78 is 1.12. The molecule has 0 saturated carbocycles. The summed E-state index contributed by atoms with van der Waals surface area (Å²) in [7, 11) is 0. The maximum atomic E-state index is 12.4. The van der Waals surface area contributed by atoms with Gasteiger partial charge in [0.05, 0.1) is 5.56 Å². The lowest BCUT2D eigenvalue weighted by Crippen LogP contribution is -2.11. The molecule has 1 heterocycles. The molecule has 4 heteroatoms. The zero-order valence-electron chi connectivity index (χ0n) is 10.8. The molecule has 1 amide bonds. The molecule has 2 aromatic carbocycles. The maximum absolute atomic E-state index is 12.4. The maximum Gasteiger partial charge on any atom is 0.257 e. The average Bonchev–Trinajstić information content (AvgIpc) is 2.91. The Balaban J connectivity index is 1.89. The number of nitrogens with two attached hydrogens (primary N) is 1. The van der Waals surface area contributed by atoms with Crippen LogP contribution in [0, 0.1) is 0 Å². The Morgan fingerprint density at radius 1 is 1.15 bits per heavy atom. The second-order valence-electron chi connectivity index (χ2n) is 4.50. The minimum absolute atomic E-state index is 0.0865. The van der Waals surface area contributed by atoms with Gasteiger partial charge < -0.3 is 11.1 Å². The standard InChI is InChI=1S/C16H14N2OS/c17-9-11-4-3-5-12(8-11)18-16(19)14-10-20-15-7-2-1-6-13(14)15/h1-8,10H,9,17H2,(H,18,19). The third-order valence-electron chi connectivity index (χ3n) is 3.15. The number of benzene rings is 2. The fourth-order valence-electron chi connectivity index (χ4n) is 2.13. The zero-order valence-corrected chi connectivity index (χ0v) is 11.6. The van der Waals surface area contributed by atoms with Crippen LogP contribution in [0.4, 0.5) is 5.69 Å². The molecule has 0 radical (unpaired) electrons. The fraction of sp³-hybridized carbons (Fsp3) is 0.0625. The lowest BCUT2D eigenvalue weighted by molar-refractivity contribution is 0.102. The highest BCUT2D eigenvalue weighted by molar-refractivity contribution is 7.17. The molecule has 0 aliphatic carbocycles. The van der Waals surface area contributed by atoms with Crippen molar-refractivity contribution in [3.05, 3.63) is 65.0 Å². The largest absolute Gasteiger partial charge is 0.326 e. The number of carbonyl (C=O) groups excluding carboxylic acids is 1. The van der Waals surface area contributed by atoms with Crippen molar-refractivity contribution in [2.75, 3.05) is 5.32 Å². The molecular weight excluding hydrogens is 268 g/mol. The van der Waals surface area contributed by atoms with E-state index in [1.54, 1.807) is 11.3 Å². The van der Waals surface area contributed by atoms with Crippen molar-refractivity contribution in [2.24, 2.45) is 5.73 Å². The smallest absolute Gasteiger partial charge is 0.257 e. The second-order valence-corrected chi connectivity index (χ2v) is 5.42. The Morgan fingerprint density at radius 3 is 2.85 bits per heavy atom. The molecule has 1 aromatic heterocycles. The van der Waals surface area contributed by atoms with E-state index in [-0.39, 0.29) is 5.91 Å². The molecule has 0 spiro atoms. The molecule has 0 aliphatic heterocycles. The topological polar surface area (TPSA) is 55.1 Å². The number of carbonyl (C=O) groups is 1. The number of thiophene rings is 1. The van der Waals surface area contributed by atoms with E-state index < -0.39 is 0 Å². The number of fused-ring (bicyclic) bond motifs is 1. The van der Waals surface area contributed by atoms with E-state index in [2.05, 4.69) is 5.32 Å². The highest BCUT2D eigenvalue weighted by Gasteiger charge is 2.12. The van der Waals surface area contributed by atoms with Crippen LogP contribution >= 0.6 is 11.3 Å². The normalized spacial score (nSPS) is 10.7. The summed E-state index contributed by atoms with van der Waals surface area (Å²) in [6, 6.07) is 15.5. The zero-order chi connectivity index (χ0) is 13.9. The Morgan fingerprint density at radius 2 is 2.00 bits per heavy atom. The van der Waals surface area contributed by atoms with Gasteiger partial charge in [0.1, 0.15) is 0 Å². The summed E-state index contributed by atoms with van der Waals surface area (Å²) in [6.07, 6.45) is 0. The number of amides is 1. The first-order chi connectivity index (χ1) is 9.78. The number of hydrogen-bond donors (Lipinski definition) is 2. The van der Waals surface area contributed by atoms with E-state index >= 15 is 0 Å². The van der Waals surface area contributed by atoms with Crippen LogP contribution in [0.25, 0.3) is 10.1 Å². The monoisotopic (exact) mass is 282 g/mol. The fourth-order valence-corrected chi connectivity index (χ4v) is 3.07. The Kier molecular flexibility index (Phi) is 3.50. The number of rotatable bonds is 3. The molecule has 0 unspecified atom stereocenters. The summed E-state index contributed by atoms with van der Waals surface area (Å²) in [5.74, 6) is -0.0865. The van der Waals surface area contributed by atoms with Crippen LogP contribution in [0.3, 0.4) is 0 Å². The van der Waals surface area contributed by atoms with Gasteiger partial charge in [0.15, 0.2) is 0 Å². The Labute approximate surface area is 121 Å². The Bertz CT molecular complexity index is 764. The highest BCUT2D eigenvalue weighted by Crippen LogP contribution is 2.26. The van der Waals surface area contributed by atoms with Crippen molar-refractivity contribution in [3.63, 3.8) is 0 Å². The molecular formula is C16H14N2OS. The van der Waals surface area contributed by atoms with Crippen molar-refractivity contribution in [3.8, 4) is 0 Å². The SMILES string of the molecule is NCc1cccc(NC(=O)c2csc3ccccc23)c1. The summed E-state index contributed by atoms with van der Waals surface area (Å²) in [4.78, 5) is 12.4. The van der Waals surface area contributed by atoms with Crippen molar-refractivity contribution < 1.29 is 4.79 Å². The van der Waals surface area contributed by atoms with Crippen molar-refractivity contribution >= 4 is 33.0 Å². The molecule has 0 atom stereocenters. The molecule has 3 aromatic rings. The van der Waals surface area contributed by atoms with Gasteiger partial charge in [-0.25, -0.2) is 0 Å². The van der Waals surface area contributed by atoms with Crippen molar-refractivity contribution in [1.82, 2.24) is 0 Å². The van der Waals surface area contributed by atoms with E-state index in [0.717, 1.165) is 21.3 Å². The first-order valence-corrected chi connectivity index (χ1v) is 7.22.